The van der Waals surface area contributed by atoms with Crippen LogP contribution in [0.1, 0.15) is 31.0 Å². The molecule has 2 aromatic carbocycles. The first-order valence-electron chi connectivity index (χ1n) is 9.14. The topological polar surface area (TPSA) is 57.7 Å². The van der Waals surface area contributed by atoms with E-state index >= 15 is 0 Å². The third-order valence-corrected chi connectivity index (χ3v) is 4.01. The Morgan fingerprint density at radius 2 is 1.81 bits per heavy atom. The Morgan fingerprint density at radius 3 is 2.46 bits per heavy atom. The van der Waals surface area contributed by atoms with Gasteiger partial charge in [0.15, 0.2) is 5.96 Å². The summed E-state index contributed by atoms with van der Waals surface area (Å²) in [5.41, 5.74) is 3.51. The van der Waals surface area contributed by atoms with Crippen molar-refractivity contribution in [1.82, 2.24) is 10.6 Å². The van der Waals surface area contributed by atoms with Gasteiger partial charge in [-0.25, -0.2) is 4.99 Å². The van der Waals surface area contributed by atoms with E-state index in [-0.39, 0.29) is 6.04 Å². The van der Waals surface area contributed by atoms with Gasteiger partial charge in [-0.3, -0.25) is 0 Å². The molecule has 1 atom stereocenters. The second kappa shape index (κ2) is 11.2. The number of hydrogen-bond donors (Lipinski definition) is 3. The minimum Gasteiger partial charge on any atom is -0.383 e. The lowest BCUT2D eigenvalue weighted by Gasteiger charge is -2.18. The highest BCUT2D eigenvalue weighted by atomic mass is 16.5. The van der Waals surface area contributed by atoms with Crippen LogP contribution in [0.15, 0.2) is 59.6 Å². The van der Waals surface area contributed by atoms with Gasteiger partial charge in [-0.05, 0) is 37.1 Å². The number of guanidine groups is 1. The van der Waals surface area contributed by atoms with Crippen LogP contribution in [0.5, 0.6) is 0 Å². The van der Waals surface area contributed by atoms with Crippen LogP contribution in [-0.4, -0.2) is 32.8 Å². The zero-order valence-corrected chi connectivity index (χ0v) is 16.0. The molecule has 2 aromatic rings. The summed E-state index contributed by atoms with van der Waals surface area (Å²) < 4.78 is 5.04. The van der Waals surface area contributed by atoms with Crippen LogP contribution in [0.3, 0.4) is 0 Å². The van der Waals surface area contributed by atoms with Gasteiger partial charge >= 0.3 is 0 Å². The van der Waals surface area contributed by atoms with Gasteiger partial charge in [0.2, 0.25) is 0 Å². The summed E-state index contributed by atoms with van der Waals surface area (Å²) in [6.45, 7) is 7.18. The molecule has 0 aliphatic heterocycles. The van der Waals surface area contributed by atoms with Gasteiger partial charge in [-0.2, -0.15) is 0 Å². The predicted molar refractivity (Wildman–Crippen MR) is 110 cm³/mol. The van der Waals surface area contributed by atoms with Crippen molar-refractivity contribution < 1.29 is 4.74 Å². The van der Waals surface area contributed by atoms with E-state index in [9.17, 15) is 0 Å². The van der Waals surface area contributed by atoms with Crippen LogP contribution < -0.4 is 16.0 Å². The lowest BCUT2D eigenvalue weighted by molar-refractivity contribution is 0.211. The lowest BCUT2D eigenvalue weighted by atomic mass is 10.1. The maximum Gasteiger partial charge on any atom is 0.192 e. The average Bonchev–Trinajstić information content (AvgIpc) is 2.68. The van der Waals surface area contributed by atoms with E-state index < -0.39 is 0 Å². The fraction of sp³-hybridized carbons (Fsp3) is 0.381. The van der Waals surface area contributed by atoms with E-state index in [4.69, 9.17) is 9.73 Å². The summed E-state index contributed by atoms with van der Waals surface area (Å²) in [7, 11) is 1.71. The summed E-state index contributed by atoms with van der Waals surface area (Å²) in [5.74, 6) is 0.825. The molecule has 0 saturated carbocycles. The smallest absolute Gasteiger partial charge is 0.192 e. The minimum absolute atomic E-state index is 0.196. The van der Waals surface area contributed by atoms with E-state index in [1.54, 1.807) is 7.11 Å². The summed E-state index contributed by atoms with van der Waals surface area (Å²) in [6.07, 6.45) is 0. The Hall–Kier alpha value is -2.53. The minimum atomic E-state index is 0.196. The van der Waals surface area contributed by atoms with Gasteiger partial charge in [0.05, 0.1) is 19.2 Å². The van der Waals surface area contributed by atoms with Crippen molar-refractivity contribution in [1.29, 1.82) is 0 Å². The molecule has 2 rings (SSSR count). The van der Waals surface area contributed by atoms with Gasteiger partial charge in [0.25, 0.3) is 0 Å². The number of rotatable bonds is 9. The highest BCUT2D eigenvalue weighted by Crippen LogP contribution is 2.12. The Bertz CT molecular complexity index is 655. The molecule has 0 amide bonds. The van der Waals surface area contributed by atoms with Crippen LogP contribution in [0.4, 0.5) is 5.69 Å². The van der Waals surface area contributed by atoms with Gasteiger partial charge < -0.3 is 20.7 Å². The number of benzene rings is 2. The molecule has 5 heteroatoms. The molecule has 0 aromatic heterocycles. The molecule has 0 fully saturated rings. The number of nitrogens with one attached hydrogen (secondary N) is 3. The molecule has 0 spiro atoms. The number of methoxy groups -OCH3 is 1. The maximum absolute atomic E-state index is 5.04. The van der Waals surface area contributed by atoms with E-state index in [0.29, 0.717) is 13.2 Å². The Morgan fingerprint density at radius 1 is 1.08 bits per heavy atom. The fourth-order valence-corrected chi connectivity index (χ4v) is 2.55. The van der Waals surface area contributed by atoms with E-state index in [0.717, 1.165) is 24.7 Å². The molecule has 0 radical (unpaired) electrons. The highest BCUT2D eigenvalue weighted by Gasteiger charge is 2.07. The average molecular weight is 354 g/mol. The number of aliphatic imine (C=N–C) groups is 1. The highest BCUT2D eigenvalue weighted by molar-refractivity contribution is 5.80. The van der Waals surface area contributed by atoms with Crippen LogP contribution in [-0.2, 0) is 11.3 Å². The zero-order chi connectivity index (χ0) is 18.6. The maximum atomic E-state index is 5.04. The van der Waals surface area contributed by atoms with Crippen LogP contribution in [0.25, 0.3) is 0 Å². The Labute approximate surface area is 156 Å². The standard InChI is InChI=1S/C21H30N4O/c1-4-22-21(25-17(2)19-8-6-5-7-9-19)24-16-18-10-12-20(13-11-18)23-14-15-26-3/h5-13,17,23H,4,14-16H2,1-3H3,(H2,22,24,25). The summed E-state index contributed by atoms with van der Waals surface area (Å²) in [6, 6.07) is 18.9. The summed E-state index contributed by atoms with van der Waals surface area (Å²) in [4.78, 5) is 4.71. The van der Waals surface area contributed by atoms with Gasteiger partial charge in [0, 0.05) is 25.9 Å². The van der Waals surface area contributed by atoms with Crippen molar-refractivity contribution in [3.8, 4) is 0 Å². The zero-order valence-electron chi connectivity index (χ0n) is 16.0. The molecule has 26 heavy (non-hydrogen) atoms. The third-order valence-electron chi connectivity index (χ3n) is 4.01. The molecule has 0 bridgehead atoms. The fourth-order valence-electron chi connectivity index (χ4n) is 2.55. The molecule has 0 saturated heterocycles. The van der Waals surface area contributed by atoms with Gasteiger partial charge in [-0.15, -0.1) is 0 Å². The SMILES string of the molecule is CCNC(=NCc1ccc(NCCOC)cc1)NC(C)c1ccccc1. The summed E-state index contributed by atoms with van der Waals surface area (Å²) in [5, 5.41) is 10.1. The first-order valence-corrected chi connectivity index (χ1v) is 9.14. The Balaban J connectivity index is 1.93. The molecular weight excluding hydrogens is 324 g/mol. The van der Waals surface area contributed by atoms with Gasteiger partial charge in [0.1, 0.15) is 0 Å². The van der Waals surface area contributed by atoms with Crippen molar-refractivity contribution in [3.05, 3.63) is 65.7 Å². The number of ether oxygens (including phenoxy) is 1. The van der Waals surface area contributed by atoms with Crippen molar-refractivity contribution in [2.45, 2.75) is 26.4 Å². The molecule has 0 aliphatic rings. The summed E-state index contributed by atoms with van der Waals surface area (Å²) >= 11 is 0. The van der Waals surface area contributed by atoms with E-state index in [1.807, 2.05) is 6.07 Å². The second-order valence-corrected chi connectivity index (χ2v) is 6.09. The van der Waals surface area contributed by atoms with Crippen molar-refractivity contribution in [2.75, 3.05) is 32.1 Å². The normalized spacial score (nSPS) is 12.5. The largest absolute Gasteiger partial charge is 0.383 e. The molecule has 3 N–H and O–H groups in total. The van der Waals surface area contributed by atoms with Crippen LogP contribution in [0.2, 0.25) is 0 Å². The molecular formula is C21H30N4O. The van der Waals surface area contributed by atoms with Gasteiger partial charge in [-0.1, -0.05) is 42.5 Å². The third kappa shape index (κ3) is 6.76. The van der Waals surface area contributed by atoms with E-state index in [1.165, 1.54) is 11.1 Å². The molecule has 0 aliphatic carbocycles. The quantitative estimate of drug-likeness (QED) is 0.366. The monoisotopic (exact) mass is 354 g/mol. The molecule has 0 heterocycles. The van der Waals surface area contributed by atoms with Crippen molar-refractivity contribution in [2.24, 2.45) is 4.99 Å². The van der Waals surface area contributed by atoms with Crippen LogP contribution in [0, 0.1) is 0 Å². The molecule has 1 unspecified atom stereocenters. The molecule has 140 valence electrons. The number of anilines is 1. The lowest BCUT2D eigenvalue weighted by Crippen LogP contribution is -2.38. The number of nitrogens with zero attached hydrogens (tertiary/aromatic N) is 1. The Kier molecular flexibility index (Phi) is 8.49. The molecule has 5 nitrogen and oxygen atoms in total. The predicted octanol–water partition coefficient (Wildman–Crippen LogP) is 3.56. The van der Waals surface area contributed by atoms with Crippen molar-refractivity contribution in [3.63, 3.8) is 0 Å². The van der Waals surface area contributed by atoms with Crippen molar-refractivity contribution >= 4 is 11.6 Å². The first kappa shape index (κ1) is 19.8. The number of hydrogen-bond acceptors (Lipinski definition) is 3. The second-order valence-electron chi connectivity index (χ2n) is 6.09. The van der Waals surface area contributed by atoms with E-state index in [2.05, 4.69) is 78.3 Å². The van der Waals surface area contributed by atoms with Crippen LogP contribution >= 0.6 is 0 Å². The first-order chi connectivity index (χ1) is 12.7.